The Kier molecular flexibility index (Phi) is 4.83. The van der Waals surface area contributed by atoms with Crippen molar-refractivity contribution in [3.05, 3.63) is 94.4 Å². The predicted octanol–water partition coefficient (Wildman–Crippen LogP) is 4.86. The molecule has 0 fully saturated rings. The van der Waals surface area contributed by atoms with E-state index in [0.29, 0.717) is 28.2 Å². The molecule has 4 aromatic rings. The third-order valence-electron chi connectivity index (χ3n) is 4.48. The van der Waals surface area contributed by atoms with Crippen LogP contribution >= 0.6 is 0 Å². The van der Waals surface area contributed by atoms with Crippen LogP contribution in [-0.2, 0) is 0 Å². The lowest BCUT2D eigenvalue weighted by Gasteiger charge is -2.08. The Hall–Kier alpha value is -3.93. The number of amides is 1. The number of nitrogens with one attached hydrogen (secondary N) is 1. The highest BCUT2D eigenvalue weighted by Crippen LogP contribution is 2.25. The van der Waals surface area contributed by atoms with Crippen molar-refractivity contribution in [1.29, 1.82) is 0 Å². The van der Waals surface area contributed by atoms with E-state index < -0.39 is 11.7 Å². The van der Waals surface area contributed by atoms with Gasteiger partial charge in [-0.05, 0) is 54.6 Å². The monoisotopic (exact) mass is 389 g/mol. The van der Waals surface area contributed by atoms with E-state index in [2.05, 4.69) is 5.32 Å². The van der Waals surface area contributed by atoms with Gasteiger partial charge in [-0.15, -0.1) is 0 Å². The Balaban J connectivity index is 1.66. The number of hydrogen-bond acceptors (Lipinski definition) is 4. The van der Waals surface area contributed by atoms with Gasteiger partial charge in [-0.3, -0.25) is 9.59 Å². The van der Waals surface area contributed by atoms with Crippen molar-refractivity contribution in [1.82, 2.24) is 0 Å². The van der Waals surface area contributed by atoms with Gasteiger partial charge in [-0.1, -0.05) is 12.1 Å². The maximum absolute atomic E-state index is 13.8. The van der Waals surface area contributed by atoms with E-state index in [0.717, 1.165) is 5.56 Å². The molecular weight excluding hydrogens is 373 g/mol. The number of carbonyl (C=O) groups is 1. The standard InChI is InChI=1S/C23H16FNO4/c1-28-16-9-6-14(7-10-16)22-13-20(26)18-12-15(8-11-21(18)29-22)25-23(27)17-4-2-3-5-19(17)24/h2-13H,1H3,(H,25,27). The molecule has 3 aromatic carbocycles. The fourth-order valence-corrected chi connectivity index (χ4v) is 2.98. The number of carbonyl (C=O) groups excluding carboxylic acids is 1. The van der Waals surface area contributed by atoms with Gasteiger partial charge in [0.1, 0.15) is 22.9 Å². The lowest BCUT2D eigenvalue weighted by Crippen LogP contribution is -2.14. The summed E-state index contributed by atoms with van der Waals surface area (Å²) in [6, 6.07) is 18.9. The van der Waals surface area contributed by atoms with Crippen LogP contribution in [0, 0.1) is 5.82 Å². The summed E-state index contributed by atoms with van der Waals surface area (Å²) in [5.41, 5.74) is 1.16. The zero-order chi connectivity index (χ0) is 20.4. The van der Waals surface area contributed by atoms with Crippen LogP contribution in [0.2, 0.25) is 0 Å². The predicted molar refractivity (Wildman–Crippen MR) is 109 cm³/mol. The van der Waals surface area contributed by atoms with Crippen LogP contribution in [0.25, 0.3) is 22.3 Å². The van der Waals surface area contributed by atoms with Gasteiger partial charge in [0.2, 0.25) is 0 Å². The van der Waals surface area contributed by atoms with Crippen LogP contribution < -0.4 is 15.5 Å². The van der Waals surface area contributed by atoms with Crippen molar-refractivity contribution in [3.8, 4) is 17.1 Å². The molecule has 1 heterocycles. The molecule has 1 aromatic heterocycles. The van der Waals surface area contributed by atoms with Gasteiger partial charge in [0.15, 0.2) is 5.43 Å². The van der Waals surface area contributed by atoms with Gasteiger partial charge in [0.25, 0.3) is 5.91 Å². The summed E-state index contributed by atoms with van der Waals surface area (Å²) in [4.78, 5) is 24.9. The van der Waals surface area contributed by atoms with Gasteiger partial charge < -0.3 is 14.5 Å². The quantitative estimate of drug-likeness (QED) is 0.541. The molecule has 0 bridgehead atoms. The number of hydrogen-bond donors (Lipinski definition) is 1. The number of halogens is 1. The highest BCUT2D eigenvalue weighted by molar-refractivity contribution is 6.05. The molecule has 6 heteroatoms. The molecule has 1 amide bonds. The number of anilines is 1. The lowest BCUT2D eigenvalue weighted by atomic mass is 10.1. The van der Waals surface area contributed by atoms with Crippen molar-refractivity contribution >= 4 is 22.6 Å². The second-order valence-electron chi connectivity index (χ2n) is 6.35. The molecule has 0 aliphatic heterocycles. The van der Waals surface area contributed by atoms with Gasteiger partial charge in [-0.2, -0.15) is 0 Å². The first-order chi connectivity index (χ1) is 14.0. The van der Waals surface area contributed by atoms with Gasteiger partial charge in [0.05, 0.1) is 18.1 Å². The van der Waals surface area contributed by atoms with Crippen LogP contribution in [-0.4, -0.2) is 13.0 Å². The number of fused-ring (bicyclic) bond motifs is 1. The van der Waals surface area contributed by atoms with E-state index in [1.807, 2.05) is 0 Å². The van der Waals surface area contributed by atoms with Crippen molar-refractivity contribution in [2.24, 2.45) is 0 Å². The average Bonchev–Trinajstić information content (AvgIpc) is 2.74. The van der Waals surface area contributed by atoms with E-state index in [1.54, 1.807) is 49.6 Å². The van der Waals surface area contributed by atoms with E-state index in [4.69, 9.17) is 9.15 Å². The molecule has 5 nitrogen and oxygen atoms in total. The fraction of sp³-hybridized carbons (Fsp3) is 0.0435. The molecule has 0 aliphatic carbocycles. The number of ether oxygens (including phenoxy) is 1. The Morgan fingerprint density at radius 3 is 2.48 bits per heavy atom. The summed E-state index contributed by atoms with van der Waals surface area (Å²) in [6.45, 7) is 0. The second-order valence-corrected chi connectivity index (χ2v) is 6.35. The molecule has 0 aliphatic rings. The molecule has 29 heavy (non-hydrogen) atoms. The summed E-state index contributed by atoms with van der Waals surface area (Å²) in [6.07, 6.45) is 0. The van der Waals surface area contributed by atoms with Crippen LogP contribution in [0.3, 0.4) is 0 Å². The van der Waals surface area contributed by atoms with Crippen molar-refractivity contribution in [3.63, 3.8) is 0 Å². The Labute approximate surface area is 165 Å². The first kappa shape index (κ1) is 18.4. The number of methoxy groups -OCH3 is 1. The zero-order valence-corrected chi connectivity index (χ0v) is 15.4. The van der Waals surface area contributed by atoms with Crippen LogP contribution in [0.1, 0.15) is 10.4 Å². The minimum atomic E-state index is -0.616. The zero-order valence-electron chi connectivity index (χ0n) is 15.4. The molecule has 144 valence electrons. The maximum Gasteiger partial charge on any atom is 0.258 e. The van der Waals surface area contributed by atoms with E-state index >= 15 is 0 Å². The average molecular weight is 389 g/mol. The lowest BCUT2D eigenvalue weighted by molar-refractivity contribution is 0.102. The molecule has 0 radical (unpaired) electrons. The molecule has 0 saturated carbocycles. The first-order valence-corrected chi connectivity index (χ1v) is 8.83. The van der Waals surface area contributed by atoms with Crippen LogP contribution in [0.4, 0.5) is 10.1 Å². The normalized spacial score (nSPS) is 10.7. The third kappa shape index (κ3) is 3.73. The molecule has 0 atom stereocenters. The minimum Gasteiger partial charge on any atom is -0.497 e. The number of rotatable bonds is 4. The SMILES string of the molecule is COc1ccc(-c2cc(=O)c3cc(NC(=O)c4ccccc4F)ccc3o2)cc1. The minimum absolute atomic E-state index is 0.0746. The third-order valence-corrected chi connectivity index (χ3v) is 4.48. The van der Waals surface area contributed by atoms with Gasteiger partial charge in [-0.25, -0.2) is 4.39 Å². The topological polar surface area (TPSA) is 68.5 Å². The van der Waals surface area contributed by atoms with E-state index in [-0.39, 0.29) is 11.0 Å². The van der Waals surface area contributed by atoms with Crippen molar-refractivity contribution < 1.29 is 18.3 Å². The second kappa shape index (κ2) is 7.59. The van der Waals surface area contributed by atoms with Crippen molar-refractivity contribution in [2.75, 3.05) is 12.4 Å². The molecule has 1 N–H and O–H groups in total. The summed E-state index contributed by atoms with van der Waals surface area (Å²) in [7, 11) is 1.58. The van der Waals surface area contributed by atoms with Gasteiger partial charge >= 0.3 is 0 Å². The van der Waals surface area contributed by atoms with Crippen LogP contribution in [0.5, 0.6) is 5.75 Å². The Morgan fingerprint density at radius 1 is 1.00 bits per heavy atom. The van der Waals surface area contributed by atoms with Crippen molar-refractivity contribution in [2.45, 2.75) is 0 Å². The Bertz CT molecular complexity index is 1260. The number of benzene rings is 3. The highest BCUT2D eigenvalue weighted by atomic mass is 19.1. The van der Waals surface area contributed by atoms with E-state index in [1.165, 1.54) is 30.3 Å². The first-order valence-electron chi connectivity index (χ1n) is 8.83. The fourth-order valence-electron chi connectivity index (χ4n) is 2.98. The summed E-state index contributed by atoms with van der Waals surface area (Å²) < 4.78 is 24.8. The van der Waals surface area contributed by atoms with Gasteiger partial charge in [0, 0.05) is 17.3 Å². The maximum atomic E-state index is 13.8. The summed E-state index contributed by atoms with van der Waals surface area (Å²) in [5.74, 6) is -0.0865. The summed E-state index contributed by atoms with van der Waals surface area (Å²) >= 11 is 0. The van der Waals surface area contributed by atoms with E-state index in [9.17, 15) is 14.0 Å². The smallest absolute Gasteiger partial charge is 0.258 e. The highest BCUT2D eigenvalue weighted by Gasteiger charge is 2.13. The summed E-state index contributed by atoms with van der Waals surface area (Å²) in [5, 5.41) is 2.92. The molecular formula is C23H16FNO4. The molecule has 0 spiro atoms. The molecule has 4 rings (SSSR count). The van der Waals surface area contributed by atoms with Crippen LogP contribution in [0.15, 0.2) is 82.0 Å². The molecule has 0 saturated heterocycles. The molecule has 0 unspecified atom stereocenters. The Morgan fingerprint density at radius 2 is 1.76 bits per heavy atom. The largest absolute Gasteiger partial charge is 0.497 e.